The highest BCUT2D eigenvalue weighted by atomic mass is 16.6. The van der Waals surface area contributed by atoms with Gasteiger partial charge in [-0.15, -0.1) is 6.58 Å². The number of ether oxygens (including phenoxy) is 1. The molecule has 24 heavy (non-hydrogen) atoms. The SMILES string of the molecule is C=CC1CC(=O)N(CC2C[C@H]3CC[C@@H](C2)N3C(=O)OC(C)(C)C)C1. The Kier molecular flexibility index (Phi) is 4.63. The van der Waals surface area contributed by atoms with Crippen molar-refractivity contribution in [2.75, 3.05) is 13.1 Å². The second-order valence-electron chi connectivity index (χ2n) is 8.61. The Bertz CT molecular complexity index is 511. The summed E-state index contributed by atoms with van der Waals surface area (Å²) in [6, 6.07) is 0.549. The lowest BCUT2D eigenvalue weighted by Crippen LogP contribution is -2.50. The van der Waals surface area contributed by atoms with Gasteiger partial charge in [0.25, 0.3) is 0 Å². The molecule has 3 aliphatic rings. The summed E-state index contributed by atoms with van der Waals surface area (Å²) in [5.41, 5.74) is -0.449. The first-order chi connectivity index (χ1) is 11.3. The normalized spacial score (nSPS) is 33.0. The maximum absolute atomic E-state index is 12.5. The van der Waals surface area contributed by atoms with Crippen LogP contribution >= 0.6 is 0 Å². The minimum atomic E-state index is -0.449. The Morgan fingerprint density at radius 2 is 1.92 bits per heavy atom. The first kappa shape index (κ1) is 17.3. The van der Waals surface area contributed by atoms with Gasteiger partial charge in [0.1, 0.15) is 5.60 Å². The van der Waals surface area contributed by atoms with E-state index < -0.39 is 5.60 Å². The number of fused-ring (bicyclic) bond motifs is 2. The van der Waals surface area contributed by atoms with Gasteiger partial charge < -0.3 is 14.5 Å². The van der Waals surface area contributed by atoms with Crippen molar-refractivity contribution in [3.63, 3.8) is 0 Å². The van der Waals surface area contributed by atoms with Crippen LogP contribution in [0.1, 0.15) is 52.9 Å². The van der Waals surface area contributed by atoms with Crippen molar-refractivity contribution in [2.24, 2.45) is 11.8 Å². The third kappa shape index (κ3) is 3.60. The lowest BCUT2D eigenvalue weighted by molar-refractivity contribution is -0.128. The number of carbonyl (C=O) groups is 2. The standard InChI is InChI=1S/C19H30N2O3/c1-5-13-10-17(22)20(11-13)12-14-8-15-6-7-16(9-14)21(15)18(23)24-19(2,3)4/h5,13-16H,1,6-12H2,2-4H3/t13?,14?,15-,16+. The van der Waals surface area contributed by atoms with Crippen LogP contribution in [0.3, 0.4) is 0 Å². The fraction of sp³-hybridized carbons (Fsp3) is 0.789. The van der Waals surface area contributed by atoms with Gasteiger partial charge in [0.15, 0.2) is 0 Å². The third-order valence-electron chi connectivity index (χ3n) is 5.49. The van der Waals surface area contributed by atoms with Gasteiger partial charge in [-0.2, -0.15) is 0 Å². The van der Waals surface area contributed by atoms with Crippen molar-refractivity contribution < 1.29 is 14.3 Å². The van der Waals surface area contributed by atoms with Crippen molar-refractivity contribution in [1.82, 2.24) is 9.80 Å². The molecule has 4 atom stereocenters. The van der Waals surface area contributed by atoms with E-state index in [1.54, 1.807) is 0 Å². The maximum atomic E-state index is 12.5. The van der Waals surface area contributed by atoms with E-state index in [1.165, 1.54) is 0 Å². The minimum Gasteiger partial charge on any atom is -0.444 e. The van der Waals surface area contributed by atoms with Gasteiger partial charge in [0, 0.05) is 37.5 Å². The fourth-order valence-electron chi connectivity index (χ4n) is 4.50. The Hall–Kier alpha value is -1.52. The molecule has 0 N–H and O–H groups in total. The summed E-state index contributed by atoms with van der Waals surface area (Å²) in [4.78, 5) is 28.6. The molecule has 0 aromatic carbocycles. The molecule has 5 nitrogen and oxygen atoms in total. The highest BCUT2D eigenvalue weighted by Gasteiger charge is 2.45. The van der Waals surface area contributed by atoms with Crippen LogP contribution in [0.2, 0.25) is 0 Å². The van der Waals surface area contributed by atoms with E-state index in [0.717, 1.165) is 38.8 Å². The maximum Gasteiger partial charge on any atom is 0.410 e. The largest absolute Gasteiger partial charge is 0.444 e. The van der Waals surface area contributed by atoms with E-state index in [0.29, 0.717) is 18.3 Å². The summed E-state index contributed by atoms with van der Waals surface area (Å²) in [5.74, 6) is 1.05. The Labute approximate surface area is 145 Å². The van der Waals surface area contributed by atoms with Crippen molar-refractivity contribution in [3.8, 4) is 0 Å². The van der Waals surface area contributed by atoms with E-state index in [1.807, 2.05) is 36.6 Å². The van der Waals surface area contributed by atoms with E-state index >= 15 is 0 Å². The summed E-state index contributed by atoms with van der Waals surface area (Å²) in [6.07, 6.45) is 6.42. The van der Waals surface area contributed by atoms with Crippen molar-refractivity contribution >= 4 is 12.0 Å². The van der Waals surface area contributed by atoms with Gasteiger partial charge in [-0.05, 0) is 52.4 Å². The summed E-state index contributed by atoms with van der Waals surface area (Å²) >= 11 is 0. The number of hydrogen-bond donors (Lipinski definition) is 0. The Balaban J connectivity index is 1.58. The van der Waals surface area contributed by atoms with Gasteiger partial charge in [-0.3, -0.25) is 4.79 Å². The topological polar surface area (TPSA) is 49.9 Å². The van der Waals surface area contributed by atoms with Crippen LogP contribution in [-0.2, 0) is 9.53 Å². The molecule has 0 saturated carbocycles. The molecule has 0 aromatic heterocycles. The molecule has 0 radical (unpaired) electrons. The lowest BCUT2D eigenvalue weighted by atomic mass is 9.90. The summed E-state index contributed by atoms with van der Waals surface area (Å²) in [5, 5.41) is 0. The van der Waals surface area contributed by atoms with Crippen LogP contribution in [0, 0.1) is 11.8 Å². The predicted octanol–water partition coefficient (Wildman–Crippen LogP) is 3.20. The fourth-order valence-corrected chi connectivity index (χ4v) is 4.50. The molecule has 3 aliphatic heterocycles. The first-order valence-corrected chi connectivity index (χ1v) is 9.18. The molecule has 2 bridgehead atoms. The molecule has 0 spiro atoms. The number of hydrogen-bond acceptors (Lipinski definition) is 3. The van der Waals surface area contributed by atoms with Crippen molar-refractivity contribution in [2.45, 2.75) is 70.6 Å². The summed E-state index contributed by atoms with van der Waals surface area (Å²) < 4.78 is 5.58. The Morgan fingerprint density at radius 3 is 2.42 bits per heavy atom. The average Bonchev–Trinajstić information content (AvgIpc) is 2.95. The van der Waals surface area contributed by atoms with Crippen LogP contribution in [-0.4, -0.2) is 52.6 Å². The van der Waals surface area contributed by atoms with E-state index in [4.69, 9.17) is 4.74 Å². The molecule has 5 heteroatoms. The van der Waals surface area contributed by atoms with Gasteiger partial charge in [-0.25, -0.2) is 4.79 Å². The van der Waals surface area contributed by atoms with Crippen molar-refractivity contribution in [3.05, 3.63) is 12.7 Å². The molecule has 3 heterocycles. The second kappa shape index (κ2) is 6.41. The quantitative estimate of drug-likeness (QED) is 0.745. The molecule has 3 saturated heterocycles. The van der Waals surface area contributed by atoms with Gasteiger partial charge >= 0.3 is 6.09 Å². The second-order valence-corrected chi connectivity index (χ2v) is 8.61. The zero-order valence-electron chi connectivity index (χ0n) is 15.2. The van der Waals surface area contributed by atoms with E-state index in [-0.39, 0.29) is 24.1 Å². The van der Waals surface area contributed by atoms with Gasteiger partial charge in [0.05, 0.1) is 0 Å². The molecule has 2 amide bonds. The molecule has 2 unspecified atom stereocenters. The van der Waals surface area contributed by atoms with Crippen LogP contribution in [0.4, 0.5) is 4.79 Å². The smallest absolute Gasteiger partial charge is 0.410 e. The number of nitrogens with zero attached hydrogens (tertiary/aromatic N) is 2. The summed E-state index contributed by atoms with van der Waals surface area (Å²) in [7, 11) is 0. The predicted molar refractivity (Wildman–Crippen MR) is 92.5 cm³/mol. The number of likely N-dealkylation sites (tertiary alicyclic amines) is 1. The molecule has 134 valence electrons. The minimum absolute atomic E-state index is 0.169. The number of carbonyl (C=O) groups excluding carboxylic acids is 2. The molecule has 0 aromatic rings. The summed E-state index contributed by atoms with van der Waals surface area (Å²) in [6.45, 7) is 11.2. The highest BCUT2D eigenvalue weighted by molar-refractivity contribution is 5.79. The monoisotopic (exact) mass is 334 g/mol. The van der Waals surface area contributed by atoms with Crippen molar-refractivity contribution in [1.29, 1.82) is 0 Å². The highest BCUT2D eigenvalue weighted by Crippen LogP contribution is 2.40. The number of amides is 2. The van der Waals surface area contributed by atoms with Crippen LogP contribution in [0.15, 0.2) is 12.7 Å². The lowest BCUT2D eigenvalue weighted by Gasteiger charge is -2.40. The molecular formula is C19H30N2O3. The average molecular weight is 334 g/mol. The third-order valence-corrected chi connectivity index (χ3v) is 5.49. The number of rotatable bonds is 3. The molecule has 3 fully saturated rings. The molecule has 3 rings (SSSR count). The number of piperidine rings is 1. The van der Waals surface area contributed by atoms with Crippen LogP contribution in [0.25, 0.3) is 0 Å². The van der Waals surface area contributed by atoms with Gasteiger partial charge in [0.2, 0.25) is 5.91 Å². The molecule has 0 aliphatic carbocycles. The molecular weight excluding hydrogens is 304 g/mol. The zero-order valence-corrected chi connectivity index (χ0v) is 15.2. The van der Waals surface area contributed by atoms with Crippen LogP contribution in [0.5, 0.6) is 0 Å². The first-order valence-electron chi connectivity index (χ1n) is 9.18. The van der Waals surface area contributed by atoms with E-state index in [2.05, 4.69) is 6.58 Å². The van der Waals surface area contributed by atoms with E-state index in [9.17, 15) is 9.59 Å². The Morgan fingerprint density at radius 1 is 1.29 bits per heavy atom. The van der Waals surface area contributed by atoms with Gasteiger partial charge in [-0.1, -0.05) is 6.08 Å². The van der Waals surface area contributed by atoms with Crippen LogP contribution < -0.4 is 0 Å². The zero-order chi connectivity index (χ0) is 17.5.